The molecule has 5 heteroatoms. The van der Waals surface area contributed by atoms with Crippen LogP contribution in [0.4, 0.5) is 5.69 Å². The van der Waals surface area contributed by atoms with Gasteiger partial charge < -0.3 is 10.6 Å². The summed E-state index contributed by atoms with van der Waals surface area (Å²) in [4.78, 5) is 22.3. The van der Waals surface area contributed by atoms with E-state index in [1.165, 1.54) is 0 Å². The van der Waals surface area contributed by atoms with E-state index in [1.807, 2.05) is 31.2 Å². The summed E-state index contributed by atoms with van der Waals surface area (Å²) < 4.78 is 0. The number of hydrogen-bond acceptors (Lipinski definition) is 3. The van der Waals surface area contributed by atoms with Crippen molar-refractivity contribution in [2.75, 3.05) is 5.32 Å². The molecule has 0 saturated carbocycles. The first-order valence-corrected chi connectivity index (χ1v) is 6.13. The third-order valence-corrected chi connectivity index (χ3v) is 3.30. The lowest BCUT2D eigenvalue weighted by Crippen LogP contribution is -2.36. The van der Waals surface area contributed by atoms with Crippen LogP contribution in [0.25, 0.3) is 0 Å². The minimum Gasteiger partial charge on any atom is -0.343 e. The molecule has 1 aromatic carbocycles. The Morgan fingerprint density at radius 1 is 1.63 bits per heavy atom. The Morgan fingerprint density at radius 3 is 3.11 bits per heavy atom. The van der Waals surface area contributed by atoms with Gasteiger partial charge in [-0.25, -0.2) is 0 Å². The van der Waals surface area contributed by atoms with Gasteiger partial charge in [-0.1, -0.05) is 17.7 Å². The van der Waals surface area contributed by atoms with E-state index >= 15 is 0 Å². The minimum atomic E-state index is -0.625. The number of amides is 2. The predicted octanol–water partition coefficient (Wildman–Crippen LogP) is 1.13. The van der Waals surface area contributed by atoms with Crippen molar-refractivity contribution in [3.05, 3.63) is 29.3 Å². The molecule has 1 heterocycles. The van der Waals surface area contributed by atoms with Crippen LogP contribution in [0.2, 0.25) is 0 Å². The minimum absolute atomic E-state index is 0.0932. The fourth-order valence-electron chi connectivity index (χ4n) is 2.32. The van der Waals surface area contributed by atoms with Gasteiger partial charge >= 0.3 is 0 Å². The van der Waals surface area contributed by atoms with Crippen LogP contribution in [0.15, 0.2) is 18.2 Å². The highest BCUT2D eigenvalue weighted by Gasteiger charge is 2.28. The highest BCUT2D eigenvalue weighted by Crippen LogP contribution is 2.28. The maximum absolute atomic E-state index is 12.0. The lowest BCUT2D eigenvalue weighted by Gasteiger charge is -2.26. The van der Waals surface area contributed by atoms with Crippen molar-refractivity contribution in [1.82, 2.24) is 5.32 Å². The van der Waals surface area contributed by atoms with Crippen molar-refractivity contribution < 1.29 is 9.59 Å². The molecule has 2 atom stereocenters. The molecule has 2 N–H and O–H groups in total. The fourth-order valence-corrected chi connectivity index (χ4v) is 2.32. The zero-order valence-electron chi connectivity index (χ0n) is 10.6. The monoisotopic (exact) mass is 257 g/mol. The normalized spacial score (nSPS) is 18.7. The number of rotatable bonds is 4. The van der Waals surface area contributed by atoms with Crippen LogP contribution in [0.5, 0.6) is 0 Å². The average molecular weight is 257 g/mol. The van der Waals surface area contributed by atoms with Crippen molar-refractivity contribution in [1.29, 1.82) is 5.26 Å². The molecular formula is C14H15N3O2. The summed E-state index contributed by atoms with van der Waals surface area (Å²) in [6.07, 6.45) is 1.42. The van der Waals surface area contributed by atoms with Crippen LogP contribution in [-0.2, 0) is 16.0 Å². The molecule has 5 nitrogen and oxygen atoms in total. The number of fused-ring (bicyclic) bond motifs is 1. The number of carbonyl (C=O) groups is 2. The lowest BCUT2D eigenvalue weighted by atomic mass is 9.88. The number of aryl methyl sites for hydroxylation is 1. The van der Waals surface area contributed by atoms with Crippen LogP contribution in [-0.4, -0.2) is 18.4 Å². The summed E-state index contributed by atoms with van der Waals surface area (Å²) in [5.74, 6) is -0.379. The quantitative estimate of drug-likeness (QED) is 0.793. The Bertz CT molecular complexity index is 548. The van der Waals surface area contributed by atoms with Gasteiger partial charge in [0.25, 0.3) is 0 Å². The van der Waals surface area contributed by atoms with Gasteiger partial charge in [0.05, 0.1) is 6.07 Å². The first-order valence-electron chi connectivity index (χ1n) is 6.13. The number of anilines is 1. The Labute approximate surface area is 111 Å². The molecule has 0 spiro atoms. The molecule has 0 saturated heterocycles. The van der Waals surface area contributed by atoms with Crippen molar-refractivity contribution in [3.63, 3.8) is 0 Å². The molecule has 0 aliphatic carbocycles. The van der Waals surface area contributed by atoms with Crippen LogP contribution in [0, 0.1) is 24.2 Å². The standard InChI is InChI=1S/C14H15N3O2/c1-9-2-3-13-10(4-9)5-11(14(19)17-13)6-12(7-15)16-8-18/h2-4,8,11-12H,5-6H2,1H3,(H,16,18)(H,17,19)/t11?,12-/m0/s1. The van der Waals surface area contributed by atoms with E-state index < -0.39 is 6.04 Å². The largest absolute Gasteiger partial charge is 0.343 e. The predicted molar refractivity (Wildman–Crippen MR) is 70.2 cm³/mol. The van der Waals surface area contributed by atoms with Crippen LogP contribution < -0.4 is 10.6 Å². The molecule has 0 fully saturated rings. The first kappa shape index (κ1) is 13.1. The van der Waals surface area contributed by atoms with E-state index in [0.29, 0.717) is 19.3 Å². The molecule has 0 bridgehead atoms. The SMILES string of the molecule is Cc1ccc2c(c1)CC(C[C@@H](C#N)NC=O)C(=O)N2. The van der Waals surface area contributed by atoms with E-state index in [4.69, 9.17) is 5.26 Å². The molecule has 2 rings (SSSR count). The molecular weight excluding hydrogens is 242 g/mol. The summed E-state index contributed by atoms with van der Waals surface area (Å²) >= 11 is 0. The maximum Gasteiger partial charge on any atom is 0.227 e. The van der Waals surface area contributed by atoms with Gasteiger partial charge in [-0.15, -0.1) is 0 Å². The van der Waals surface area contributed by atoms with Gasteiger partial charge in [0.1, 0.15) is 6.04 Å². The number of hydrogen-bond donors (Lipinski definition) is 2. The van der Waals surface area contributed by atoms with E-state index in [0.717, 1.165) is 16.8 Å². The third kappa shape index (κ3) is 2.91. The summed E-state index contributed by atoms with van der Waals surface area (Å²) in [6, 6.07) is 7.24. The van der Waals surface area contributed by atoms with E-state index in [1.54, 1.807) is 0 Å². The van der Waals surface area contributed by atoms with Gasteiger partial charge in [-0.05, 0) is 31.4 Å². The first-order chi connectivity index (χ1) is 9.13. The zero-order chi connectivity index (χ0) is 13.8. The molecule has 1 aromatic rings. The van der Waals surface area contributed by atoms with Gasteiger partial charge in [0, 0.05) is 11.6 Å². The Morgan fingerprint density at radius 2 is 2.42 bits per heavy atom. The number of carbonyl (C=O) groups excluding carboxylic acids is 2. The topological polar surface area (TPSA) is 82.0 Å². The molecule has 1 aliphatic rings. The zero-order valence-corrected chi connectivity index (χ0v) is 10.6. The highest BCUT2D eigenvalue weighted by atomic mass is 16.2. The maximum atomic E-state index is 12.0. The van der Waals surface area contributed by atoms with Crippen LogP contribution in [0.1, 0.15) is 17.5 Å². The van der Waals surface area contributed by atoms with Crippen LogP contribution >= 0.6 is 0 Å². The van der Waals surface area contributed by atoms with Crippen molar-refractivity contribution >= 4 is 18.0 Å². The van der Waals surface area contributed by atoms with Gasteiger partial charge in [0.2, 0.25) is 12.3 Å². The second kappa shape index (κ2) is 5.53. The molecule has 0 aromatic heterocycles. The van der Waals surface area contributed by atoms with Crippen molar-refractivity contribution in [2.45, 2.75) is 25.8 Å². The summed E-state index contributed by atoms with van der Waals surface area (Å²) in [7, 11) is 0. The van der Waals surface area contributed by atoms with Gasteiger partial charge in [-0.3, -0.25) is 9.59 Å². The summed E-state index contributed by atoms with van der Waals surface area (Å²) in [5.41, 5.74) is 3.05. The van der Waals surface area contributed by atoms with Crippen molar-refractivity contribution in [3.8, 4) is 6.07 Å². The molecule has 2 amide bonds. The van der Waals surface area contributed by atoms with E-state index in [9.17, 15) is 9.59 Å². The van der Waals surface area contributed by atoms with Crippen LogP contribution in [0.3, 0.4) is 0 Å². The fraction of sp³-hybridized carbons (Fsp3) is 0.357. The Kier molecular flexibility index (Phi) is 3.81. The van der Waals surface area contributed by atoms with Gasteiger partial charge in [0.15, 0.2) is 0 Å². The van der Waals surface area contributed by atoms with Gasteiger partial charge in [-0.2, -0.15) is 5.26 Å². The third-order valence-electron chi connectivity index (χ3n) is 3.30. The summed E-state index contributed by atoms with van der Waals surface area (Å²) in [5, 5.41) is 14.2. The van der Waals surface area contributed by atoms with E-state index in [-0.39, 0.29) is 11.8 Å². The number of nitrogens with one attached hydrogen (secondary N) is 2. The second-order valence-corrected chi connectivity index (χ2v) is 4.75. The smallest absolute Gasteiger partial charge is 0.227 e. The molecule has 98 valence electrons. The summed E-state index contributed by atoms with van der Waals surface area (Å²) in [6.45, 7) is 2.00. The Balaban J connectivity index is 2.14. The van der Waals surface area contributed by atoms with E-state index in [2.05, 4.69) is 10.6 Å². The lowest BCUT2D eigenvalue weighted by molar-refractivity contribution is -0.120. The average Bonchev–Trinajstić information content (AvgIpc) is 2.39. The molecule has 19 heavy (non-hydrogen) atoms. The second-order valence-electron chi connectivity index (χ2n) is 4.75. The molecule has 1 aliphatic heterocycles. The Hall–Kier alpha value is -2.35. The number of nitriles is 1. The highest BCUT2D eigenvalue weighted by molar-refractivity contribution is 5.95. The molecule has 1 unspecified atom stereocenters. The number of nitrogens with zero attached hydrogens (tertiary/aromatic N) is 1. The van der Waals surface area contributed by atoms with Crippen molar-refractivity contribution in [2.24, 2.45) is 5.92 Å². The number of benzene rings is 1. The molecule has 0 radical (unpaired) electrons.